The van der Waals surface area contributed by atoms with Gasteiger partial charge in [-0.1, -0.05) is 24.3 Å². The molecular weight excluding hydrogens is 276 g/mol. The molecule has 0 aromatic heterocycles. The van der Waals surface area contributed by atoms with E-state index >= 15 is 0 Å². The Morgan fingerprint density at radius 2 is 1.05 bits per heavy atom. The average Bonchev–Trinajstić information content (AvgIpc) is 2.44. The van der Waals surface area contributed by atoms with Gasteiger partial charge in [0.2, 0.25) is 12.2 Å². The quantitative estimate of drug-likeness (QED) is 0.636. The molecule has 0 bridgehead atoms. The molecule has 0 aliphatic carbocycles. The molecule has 100 valence electrons. The number of hydrogen-bond acceptors (Lipinski definition) is 4. The number of carbonyl (C=O) groups excluding carboxylic acids is 2. The van der Waals surface area contributed by atoms with E-state index in [9.17, 15) is 9.59 Å². The van der Waals surface area contributed by atoms with Crippen LogP contribution in [0.1, 0.15) is 11.1 Å². The lowest BCUT2D eigenvalue weighted by Crippen LogP contribution is -1.86. The van der Waals surface area contributed by atoms with Crippen LogP contribution in [0.5, 0.6) is 0 Å². The van der Waals surface area contributed by atoms with E-state index in [1.807, 2.05) is 24.3 Å². The third-order valence-corrected chi connectivity index (χ3v) is 2.63. The van der Waals surface area contributed by atoms with E-state index < -0.39 is 0 Å². The van der Waals surface area contributed by atoms with Crippen molar-refractivity contribution < 1.29 is 9.59 Å². The molecule has 4 nitrogen and oxygen atoms in total. The number of benzene rings is 2. The fourth-order valence-electron chi connectivity index (χ4n) is 1.72. The fourth-order valence-corrected chi connectivity index (χ4v) is 1.72. The highest BCUT2D eigenvalue weighted by Gasteiger charge is 1.97. The monoisotopic (exact) mass is 286 g/mol. The van der Waals surface area contributed by atoms with Gasteiger partial charge in [-0.05, 0) is 41.8 Å². The molecule has 2 aromatic carbocycles. The first-order valence-corrected chi connectivity index (χ1v) is 5.65. The Kier molecular flexibility index (Phi) is 6.08. The lowest BCUT2D eigenvalue weighted by molar-refractivity contribution is 0.564. The van der Waals surface area contributed by atoms with Crippen LogP contribution in [0.2, 0.25) is 0 Å². The Hall–Kier alpha value is -2.51. The maximum absolute atomic E-state index is 10.1. The standard InChI is InChI=1S/C15H10N2O2.ClH/c18-10-16-14-5-1-12(2-6-14)9-13-3-7-15(8-4-13)17-11-19;/h1-8H,9H2;1H. The van der Waals surface area contributed by atoms with Gasteiger partial charge in [0.15, 0.2) is 0 Å². The minimum atomic E-state index is 0. The molecule has 0 atom stereocenters. The summed E-state index contributed by atoms with van der Waals surface area (Å²) >= 11 is 0. The zero-order valence-electron chi connectivity index (χ0n) is 10.4. The highest BCUT2D eigenvalue weighted by molar-refractivity contribution is 5.85. The smallest absolute Gasteiger partial charge is 0.211 e. The van der Waals surface area contributed by atoms with Gasteiger partial charge in [-0.25, -0.2) is 9.59 Å². The van der Waals surface area contributed by atoms with E-state index in [-0.39, 0.29) is 12.4 Å². The summed E-state index contributed by atoms with van der Waals surface area (Å²) in [5, 5.41) is 0. The molecule has 0 spiro atoms. The second kappa shape index (κ2) is 7.82. The van der Waals surface area contributed by atoms with Crippen molar-refractivity contribution in [2.45, 2.75) is 6.42 Å². The van der Waals surface area contributed by atoms with Crippen molar-refractivity contribution in [1.29, 1.82) is 0 Å². The van der Waals surface area contributed by atoms with E-state index in [0.717, 1.165) is 17.5 Å². The summed E-state index contributed by atoms with van der Waals surface area (Å²) in [4.78, 5) is 27.3. The highest BCUT2D eigenvalue weighted by atomic mass is 35.5. The van der Waals surface area contributed by atoms with Crippen molar-refractivity contribution >= 4 is 35.9 Å². The van der Waals surface area contributed by atoms with Crippen molar-refractivity contribution in [3.8, 4) is 0 Å². The maximum atomic E-state index is 10.1. The molecule has 2 rings (SSSR count). The molecule has 0 unspecified atom stereocenters. The van der Waals surface area contributed by atoms with Gasteiger partial charge in [0.05, 0.1) is 11.4 Å². The second-order valence-electron chi connectivity index (χ2n) is 3.92. The summed E-state index contributed by atoms with van der Waals surface area (Å²) < 4.78 is 0. The van der Waals surface area contributed by atoms with Crippen LogP contribution in [-0.4, -0.2) is 12.2 Å². The van der Waals surface area contributed by atoms with Crippen LogP contribution < -0.4 is 0 Å². The molecule has 5 heteroatoms. The molecule has 0 amide bonds. The molecule has 0 N–H and O–H groups in total. The van der Waals surface area contributed by atoms with Crippen molar-refractivity contribution in [1.82, 2.24) is 0 Å². The Bertz CT molecular complexity index is 594. The number of isocyanates is 2. The van der Waals surface area contributed by atoms with Crippen LogP contribution >= 0.6 is 12.4 Å². The van der Waals surface area contributed by atoms with Gasteiger partial charge in [-0.15, -0.1) is 12.4 Å². The number of aliphatic imine (C=N–C) groups is 2. The number of halogens is 1. The first kappa shape index (κ1) is 15.5. The molecule has 0 heterocycles. The third kappa shape index (κ3) is 4.30. The lowest BCUT2D eigenvalue weighted by atomic mass is 10.0. The summed E-state index contributed by atoms with van der Waals surface area (Å²) in [6.07, 6.45) is 3.77. The van der Waals surface area contributed by atoms with E-state index in [1.165, 1.54) is 12.2 Å². The SMILES string of the molecule is Cl.O=C=Nc1ccc(Cc2ccc(N=C=O)cc2)cc1. The van der Waals surface area contributed by atoms with Crippen LogP contribution in [0.25, 0.3) is 0 Å². The molecule has 0 radical (unpaired) electrons. The summed E-state index contributed by atoms with van der Waals surface area (Å²) in [6, 6.07) is 14.7. The summed E-state index contributed by atoms with van der Waals surface area (Å²) in [7, 11) is 0. The number of rotatable bonds is 4. The van der Waals surface area contributed by atoms with Crippen LogP contribution in [0.3, 0.4) is 0 Å². The Morgan fingerprint density at radius 1 is 0.700 bits per heavy atom. The number of hydrogen-bond donors (Lipinski definition) is 0. The predicted molar refractivity (Wildman–Crippen MR) is 78.5 cm³/mol. The van der Waals surface area contributed by atoms with Crippen molar-refractivity contribution in [3.63, 3.8) is 0 Å². The van der Waals surface area contributed by atoms with Crippen molar-refractivity contribution in [2.75, 3.05) is 0 Å². The maximum Gasteiger partial charge on any atom is 0.240 e. The van der Waals surface area contributed by atoms with Crippen LogP contribution in [0.15, 0.2) is 58.5 Å². The lowest BCUT2D eigenvalue weighted by Gasteiger charge is -2.02. The molecule has 0 saturated heterocycles. The highest BCUT2D eigenvalue weighted by Crippen LogP contribution is 2.17. The van der Waals surface area contributed by atoms with Gasteiger partial charge >= 0.3 is 0 Å². The van der Waals surface area contributed by atoms with Crippen molar-refractivity contribution in [2.24, 2.45) is 9.98 Å². The number of nitrogens with zero attached hydrogens (tertiary/aromatic N) is 2. The van der Waals surface area contributed by atoms with Crippen LogP contribution in [-0.2, 0) is 16.0 Å². The minimum absolute atomic E-state index is 0. The Morgan fingerprint density at radius 3 is 1.35 bits per heavy atom. The topological polar surface area (TPSA) is 58.9 Å². The molecule has 20 heavy (non-hydrogen) atoms. The van der Waals surface area contributed by atoms with Gasteiger partial charge in [0, 0.05) is 0 Å². The Balaban J connectivity index is 0.00000200. The van der Waals surface area contributed by atoms with Gasteiger partial charge in [0.25, 0.3) is 0 Å². The van der Waals surface area contributed by atoms with Crippen LogP contribution in [0, 0.1) is 0 Å². The van der Waals surface area contributed by atoms with E-state index in [1.54, 1.807) is 24.3 Å². The first-order valence-electron chi connectivity index (χ1n) is 5.65. The normalized spacial score (nSPS) is 8.80. The minimum Gasteiger partial charge on any atom is -0.211 e. The van der Waals surface area contributed by atoms with Crippen molar-refractivity contribution in [3.05, 3.63) is 59.7 Å². The second-order valence-corrected chi connectivity index (χ2v) is 3.92. The molecule has 2 aromatic rings. The Labute approximate surface area is 122 Å². The molecule has 0 fully saturated rings. The summed E-state index contributed by atoms with van der Waals surface area (Å²) in [5.74, 6) is 0. The van der Waals surface area contributed by atoms with Gasteiger partial charge < -0.3 is 0 Å². The predicted octanol–water partition coefficient (Wildman–Crippen LogP) is 3.63. The molecule has 0 aliphatic heterocycles. The molecule has 0 saturated carbocycles. The van der Waals surface area contributed by atoms with E-state index in [4.69, 9.17) is 0 Å². The molecule has 0 aliphatic rings. The molecular formula is C15H11ClN2O2. The first-order chi connectivity index (χ1) is 9.31. The summed E-state index contributed by atoms with van der Waals surface area (Å²) in [6.45, 7) is 0. The fraction of sp³-hybridized carbons (Fsp3) is 0.0667. The largest absolute Gasteiger partial charge is 0.240 e. The summed E-state index contributed by atoms with van der Waals surface area (Å²) in [5.41, 5.74) is 3.40. The van der Waals surface area contributed by atoms with E-state index in [0.29, 0.717) is 11.4 Å². The van der Waals surface area contributed by atoms with Crippen LogP contribution in [0.4, 0.5) is 11.4 Å². The zero-order chi connectivity index (χ0) is 13.5. The third-order valence-electron chi connectivity index (χ3n) is 2.63. The van der Waals surface area contributed by atoms with E-state index in [2.05, 4.69) is 9.98 Å². The zero-order valence-corrected chi connectivity index (χ0v) is 11.3. The van der Waals surface area contributed by atoms with Gasteiger partial charge in [-0.3, -0.25) is 0 Å². The van der Waals surface area contributed by atoms with Gasteiger partial charge in [-0.2, -0.15) is 9.98 Å². The van der Waals surface area contributed by atoms with Gasteiger partial charge in [0.1, 0.15) is 0 Å². The average molecular weight is 287 g/mol.